The molecule has 0 saturated carbocycles. The summed E-state index contributed by atoms with van der Waals surface area (Å²) in [6.07, 6.45) is -1.32. The first-order valence-corrected chi connectivity index (χ1v) is 14.8. The highest BCUT2D eigenvalue weighted by atomic mass is 32.2. The van der Waals surface area contributed by atoms with Gasteiger partial charge in [-0.1, -0.05) is 72.8 Å². The van der Waals surface area contributed by atoms with Gasteiger partial charge < -0.3 is 25.4 Å². The Morgan fingerprint density at radius 3 is 2.32 bits per heavy atom. The van der Waals surface area contributed by atoms with Crippen LogP contribution in [-0.4, -0.2) is 64.2 Å². The molecule has 0 spiro atoms. The van der Waals surface area contributed by atoms with E-state index < -0.39 is 30.0 Å². The molecule has 3 aromatic rings. The number of carbonyl (C=O) groups excluding carboxylic acids is 3. The summed E-state index contributed by atoms with van der Waals surface area (Å²) in [4.78, 5) is 41.0. The minimum absolute atomic E-state index is 0.230. The molecule has 1 aliphatic rings. The number of aliphatic hydroxyl groups is 1. The SMILES string of the molecule is Cc1ccccc1CNC(=O)[C@@H]1CSCN1C(=O)[C@@H](O)[C@H](Cc1ccccc1)NC(=O)COc1c(C)cccc1C. The number of hydrogen-bond donors (Lipinski definition) is 3. The first-order valence-electron chi connectivity index (χ1n) is 13.7. The first-order chi connectivity index (χ1) is 19.7. The molecule has 0 bridgehead atoms. The van der Waals surface area contributed by atoms with Gasteiger partial charge in [0.15, 0.2) is 12.7 Å². The zero-order valence-corrected chi connectivity index (χ0v) is 24.4. The Balaban J connectivity index is 1.43. The van der Waals surface area contributed by atoms with Crippen molar-refractivity contribution in [2.24, 2.45) is 0 Å². The zero-order valence-electron chi connectivity index (χ0n) is 23.6. The van der Waals surface area contributed by atoms with Crippen molar-refractivity contribution in [3.63, 3.8) is 0 Å². The van der Waals surface area contributed by atoms with Crippen molar-refractivity contribution in [1.29, 1.82) is 0 Å². The third-order valence-electron chi connectivity index (χ3n) is 7.22. The molecule has 9 heteroatoms. The number of hydrogen-bond acceptors (Lipinski definition) is 6. The van der Waals surface area contributed by atoms with Gasteiger partial charge in [-0.15, -0.1) is 11.8 Å². The average molecular weight is 576 g/mol. The molecule has 1 fully saturated rings. The van der Waals surface area contributed by atoms with Crippen molar-refractivity contribution in [2.75, 3.05) is 18.2 Å². The van der Waals surface area contributed by atoms with Crippen LogP contribution in [0.2, 0.25) is 0 Å². The molecule has 1 aliphatic heterocycles. The highest BCUT2D eigenvalue weighted by molar-refractivity contribution is 7.99. The molecule has 0 aromatic heterocycles. The summed E-state index contributed by atoms with van der Waals surface area (Å²) in [5.41, 5.74) is 4.74. The van der Waals surface area contributed by atoms with Gasteiger partial charge in [0.25, 0.3) is 11.8 Å². The van der Waals surface area contributed by atoms with Gasteiger partial charge >= 0.3 is 0 Å². The van der Waals surface area contributed by atoms with Crippen LogP contribution >= 0.6 is 11.8 Å². The minimum Gasteiger partial charge on any atom is -0.483 e. The lowest BCUT2D eigenvalue weighted by Gasteiger charge is -2.30. The number of amides is 3. The summed E-state index contributed by atoms with van der Waals surface area (Å²) in [6.45, 7) is 5.88. The van der Waals surface area contributed by atoms with E-state index >= 15 is 0 Å². The number of nitrogens with one attached hydrogen (secondary N) is 2. The lowest BCUT2D eigenvalue weighted by atomic mass is 9.99. The van der Waals surface area contributed by atoms with Crippen LogP contribution in [0.4, 0.5) is 0 Å². The van der Waals surface area contributed by atoms with E-state index in [1.807, 2.05) is 93.6 Å². The molecule has 4 rings (SSSR count). The van der Waals surface area contributed by atoms with E-state index in [1.54, 1.807) is 0 Å². The van der Waals surface area contributed by atoms with E-state index in [4.69, 9.17) is 4.74 Å². The third-order valence-corrected chi connectivity index (χ3v) is 8.23. The maximum absolute atomic E-state index is 13.6. The van der Waals surface area contributed by atoms with Crippen molar-refractivity contribution in [1.82, 2.24) is 15.5 Å². The Bertz CT molecular complexity index is 1350. The molecule has 3 amide bonds. The molecule has 8 nitrogen and oxygen atoms in total. The number of ether oxygens (including phenoxy) is 1. The van der Waals surface area contributed by atoms with Gasteiger partial charge in [-0.2, -0.15) is 0 Å². The molecule has 1 heterocycles. The fourth-order valence-electron chi connectivity index (χ4n) is 4.85. The maximum atomic E-state index is 13.6. The van der Waals surface area contributed by atoms with E-state index in [-0.39, 0.29) is 24.8 Å². The Morgan fingerprint density at radius 2 is 1.61 bits per heavy atom. The van der Waals surface area contributed by atoms with Crippen LogP contribution in [0.15, 0.2) is 72.8 Å². The van der Waals surface area contributed by atoms with Crippen LogP contribution < -0.4 is 15.4 Å². The summed E-state index contributed by atoms with van der Waals surface area (Å²) < 4.78 is 5.80. The van der Waals surface area contributed by atoms with Crippen LogP contribution in [0, 0.1) is 20.8 Å². The summed E-state index contributed by atoms with van der Waals surface area (Å²) in [5.74, 6) is 0.0147. The molecule has 1 saturated heterocycles. The summed E-state index contributed by atoms with van der Waals surface area (Å²) in [7, 11) is 0. The number of thioether (sulfide) groups is 1. The van der Waals surface area contributed by atoms with Crippen LogP contribution in [-0.2, 0) is 27.3 Å². The van der Waals surface area contributed by atoms with Crippen LogP contribution in [0.25, 0.3) is 0 Å². The number of rotatable bonds is 11. The Labute approximate surface area is 245 Å². The molecule has 0 radical (unpaired) electrons. The summed E-state index contributed by atoms with van der Waals surface area (Å²) >= 11 is 1.45. The van der Waals surface area contributed by atoms with Crippen molar-refractivity contribution in [3.05, 3.63) is 101 Å². The Morgan fingerprint density at radius 1 is 0.951 bits per heavy atom. The quantitative estimate of drug-likeness (QED) is 0.324. The predicted octanol–water partition coefficient (Wildman–Crippen LogP) is 3.30. The molecular weight excluding hydrogens is 538 g/mol. The zero-order chi connectivity index (χ0) is 29.4. The van der Waals surface area contributed by atoms with E-state index in [9.17, 15) is 19.5 Å². The number of para-hydroxylation sites is 1. The second kappa shape index (κ2) is 14.2. The lowest BCUT2D eigenvalue weighted by molar-refractivity contribution is -0.146. The molecule has 3 N–H and O–H groups in total. The minimum atomic E-state index is -1.55. The predicted molar refractivity (Wildman–Crippen MR) is 160 cm³/mol. The molecule has 0 unspecified atom stereocenters. The van der Waals surface area contributed by atoms with Gasteiger partial charge in [-0.25, -0.2) is 0 Å². The molecule has 216 valence electrons. The van der Waals surface area contributed by atoms with Gasteiger partial charge in [-0.05, 0) is 55.0 Å². The standard InChI is InChI=1S/C32H37N3O5S/c1-21-10-7-8-15-25(21)17-33-31(38)27-19-41-20-35(27)32(39)29(37)26(16-24-13-5-4-6-14-24)34-28(36)18-40-30-22(2)11-9-12-23(30)3/h4-15,26-27,29,37H,16-20H2,1-3H3,(H,33,38)(H,34,36)/t26-,27-,29-/m0/s1. The van der Waals surface area contributed by atoms with Crippen molar-refractivity contribution in [3.8, 4) is 5.75 Å². The Hall–Kier alpha value is -3.82. The van der Waals surface area contributed by atoms with Gasteiger partial charge in [0.05, 0.1) is 11.9 Å². The number of aryl methyl sites for hydroxylation is 3. The molecule has 3 aromatic carbocycles. The first kappa shape index (κ1) is 30.1. The molecule has 3 atom stereocenters. The monoisotopic (exact) mass is 575 g/mol. The van der Waals surface area contributed by atoms with E-state index in [0.29, 0.717) is 18.0 Å². The fourth-order valence-corrected chi connectivity index (χ4v) is 6.01. The molecular formula is C32H37N3O5S. The average Bonchev–Trinajstić information content (AvgIpc) is 3.46. The van der Waals surface area contributed by atoms with E-state index in [0.717, 1.165) is 27.8 Å². The lowest BCUT2D eigenvalue weighted by Crippen LogP contribution is -2.56. The second-order valence-corrected chi connectivity index (χ2v) is 11.3. The highest BCUT2D eigenvalue weighted by Crippen LogP contribution is 2.24. The van der Waals surface area contributed by atoms with Crippen LogP contribution in [0.3, 0.4) is 0 Å². The van der Waals surface area contributed by atoms with Crippen molar-refractivity contribution in [2.45, 2.75) is 51.9 Å². The third kappa shape index (κ3) is 7.89. The second-order valence-electron chi connectivity index (χ2n) is 10.3. The fraction of sp³-hybridized carbons (Fsp3) is 0.344. The van der Waals surface area contributed by atoms with Crippen LogP contribution in [0.5, 0.6) is 5.75 Å². The van der Waals surface area contributed by atoms with E-state index in [1.165, 1.54) is 16.7 Å². The normalized spacial score (nSPS) is 16.1. The van der Waals surface area contributed by atoms with Gasteiger partial charge in [-0.3, -0.25) is 14.4 Å². The van der Waals surface area contributed by atoms with E-state index in [2.05, 4.69) is 10.6 Å². The topological polar surface area (TPSA) is 108 Å². The molecule has 0 aliphatic carbocycles. The number of carbonyl (C=O) groups is 3. The van der Waals surface area contributed by atoms with Crippen molar-refractivity contribution < 1.29 is 24.2 Å². The van der Waals surface area contributed by atoms with Crippen LogP contribution in [0.1, 0.15) is 27.8 Å². The largest absolute Gasteiger partial charge is 0.483 e. The number of aliphatic hydroxyl groups excluding tert-OH is 1. The van der Waals surface area contributed by atoms with Gasteiger partial charge in [0, 0.05) is 12.3 Å². The van der Waals surface area contributed by atoms with Crippen molar-refractivity contribution >= 4 is 29.5 Å². The maximum Gasteiger partial charge on any atom is 0.258 e. The highest BCUT2D eigenvalue weighted by Gasteiger charge is 2.40. The summed E-state index contributed by atoms with van der Waals surface area (Å²) in [5, 5.41) is 17.0. The summed E-state index contributed by atoms with van der Waals surface area (Å²) in [6, 6.07) is 21.2. The van der Waals surface area contributed by atoms with Gasteiger partial charge in [0.1, 0.15) is 11.8 Å². The van der Waals surface area contributed by atoms with Gasteiger partial charge in [0.2, 0.25) is 5.91 Å². The smallest absolute Gasteiger partial charge is 0.258 e. The number of benzene rings is 3. The number of nitrogens with zero attached hydrogens (tertiary/aromatic N) is 1. The Kier molecular flexibility index (Phi) is 10.4. The molecule has 41 heavy (non-hydrogen) atoms.